The number of hydrogen-bond acceptors (Lipinski definition) is 6. The molecule has 0 radical (unpaired) electrons. The molecule has 0 aromatic heterocycles. The molecule has 0 aliphatic rings. The lowest BCUT2D eigenvalue weighted by Crippen LogP contribution is -2.21. The zero-order chi connectivity index (χ0) is 23.6. The Labute approximate surface area is 195 Å². The number of hydrogen-bond donors (Lipinski definition) is 2. The van der Waals surface area contributed by atoms with Crippen LogP contribution in [0.2, 0.25) is 0 Å². The van der Waals surface area contributed by atoms with Gasteiger partial charge in [-0.1, -0.05) is 42.5 Å². The molecule has 0 saturated heterocycles. The van der Waals surface area contributed by atoms with Gasteiger partial charge in [0.25, 0.3) is 11.6 Å². The molecular weight excluding hydrogens is 440 g/mol. The number of nitrogens with zero attached hydrogens (tertiary/aromatic N) is 2. The second-order valence-corrected chi connectivity index (χ2v) is 8.03. The van der Waals surface area contributed by atoms with Crippen molar-refractivity contribution in [3.05, 3.63) is 106 Å². The van der Waals surface area contributed by atoms with Crippen molar-refractivity contribution < 1.29 is 14.5 Å². The van der Waals surface area contributed by atoms with Crippen LogP contribution < -0.4 is 10.7 Å². The lowest BCUT2D eigenvalue weighted by Gasteiger charge is -2.07. The Bertz CT molecular complexity index is 1150. The molecule has 3 aromatic rings. The number of non-ortho nitro benzene ring substituents is 1. The molecule has 0 spiro atoms. The second kappa shape index (κ2) is 11.6. The van der Waals surface area contributed by atoms with Crippen LogP contribution >= 0.6 is 11.8 Å². The highest BCUT2D eigenvalue weighted by Crippen LogP contribution is 2.17. The van der Waals surface area contributed by atoms with Gasteiger partial charge in [-0.2, -0.15) is 5.10 Å². The van der Waals surface area contributed by atoms with Crippen molar-refractivity contribution in [1.82, 2.24) is 5.43 Å². The molecule has 2 N–H and O–H groups in total. The fourth-order valence-corrected chi connectivity index (χ4v) is 3.59. The molecule has 3 rings (SSSR count). The van der Waals surface area contributed by atoms with Crippen LogP contribution in [0.4, 0.5) is 11.4 Å². The zero-order valence-corrected chi connectivity index (χ0v) is 18.7. The van der Waals surface area contributed by atoms with Crippen LogP contribution in [0, 0.1) is 10.1 Å². The van der Waals surface area contributed by atoms with E-state index in [0.717, 1.165) is 11.1 Å². The lowest BCUT2D eigenvalue weighted by molar-refractivity contribution is -0.384. The summed E-state index contributed by atoms with van der Waals surface area (Å²) in [5.41, 5.74) is 6.15. The highest BCUT2D eigenvalue weighted by molar-refractivity contribution is 7.99. The van der Waals surface area contributed by atoms with Crippen LogP contribution in [-0.4, -0.2) is 28.2 Å². The van der Waals surface area contributed by atoms with Gasteiger partial charge in [0.1, 0.15) is 0 Å². The van der Waals surface area contributed by atoms with Gasteiger partial charge in [-0.05, 0) is 42.3 Å². The molecule has 0 unspecified atom stereocenters. The average molecular weight is 463 g/mol. The largest absolute Gasteiger partial charge is 0.322 e. The normalized spacial score (nSPS) is 11.0. The van der Waals surface area contributed by atoms with Crippen LogP contribution in [0.15, 0.2) is 84.0 Å². The van der Waals surface area contributed by atoms with E-state index in [2.05, 4.69) is 15.8 Å². The molecule has 2 amide bonds. The van der Waals surface area contributed by atoms with E-state index in [4.69, 9.17) is 0 Å². The molecular formula is C24H22N4O4S. The predicted octanol–water partition coefficient (Wildman–Crippen LogP) is 4.62. The van der Waals surface area contributed by atoms with Crippen LogP contribution in [-0.2, 0) is 10.5 Å². The minimum atomic E-state index is -0.445. The first kappa shape index (κ1) is 23.7. The van der Waals surface area contributed by atoms with E-state index in [1.54, 1.807) is 55.5 Å². The fourth-order valence-electron chi connectivity index (χ4n) is 2.81. The minimum Gasteiger partial charge on any atom is -0.322 e. The molecule has 8 nitrogen and oxygen atoms in total. The minimum absolute atomic E-state index is 0.0397. The van der Waals surface area contributed by atoms with Gasteiger partial charge in [-0.15, -0.1) is 11.8 Å². The van der Waals surface area contributed by atoms with Crippen molar-refractivity contribution in [3.8, 4) is 0 Å². The van der Waals surface area contributed by atoms with Gasteiger partial charge in [0, 0.05) is 29.1 Å². The third-order valence-corrected chi connectivity index (χ3v) is 5.60. The summed E-state index contributed by atoms with van der Waals surface area (Å²) in [7, 11) is 0. The SMILES string of the molecule is C/C(=N\NC(=O)CSCc1ccc([N+](=O)[O-])cc1)c1ccc(NC(=O)c2ccccc2)cc1. The maximum Gasteiger partial charge on any atom is 0.269 e. The summed E-state index contributed by atoms with van der Waals surface area (Å²) in [5.74, 6) is 0.336. The Kier molecular flexibility index (Phi) is 8.31. The molecule has 3 aromatic carbocycles. The van der Waals surface area contributed by atoms with Gasteiger partial charge in [-0.25, -0.2) is 5.43 Å². The van der Waals surface area contributed by atoms with E-state index < -0.39 is 4.92 Å². The van der Waals surface area contributed by atoms with E-state index in [1.165, 1.54) is 23.9 Å². The van der Waals surface area contributed by atoms with Crippen molar-refractivity contribution >= 4 is 40.7 Å². The molecule has 9 heteroatoms. The summed E-state index contributed by atoms with van der Waals surface area (Å²) in [6.45, 7) is 1.78. The van der Waals surface area contributed by atoms with Crippen LogP contribution in [0.25, 0.3) is 0 Å². The molecule has 0 saturated carbocycles. The number of benzene rings is 3. The van der Waals surface area contributed by atoms with Crippen molar-refractivity contribution in [2.75, 3.05) is 11.1 Å². The predicted molar refractivity (Wildman–Crippen MR) is 130 cm³/mol. The van der Waals surface area contributed by atoms with E-state index in [0.29, 0.717) is 22.7 Å². The van der Waals surface area contributed by atoms with Crippen molar-refractivity contribution in [3.63, 3.8) is 0 Å². The van der Waals surface area contributed by atoms with Crippen molar-refractivity contribution in [1.29, 1.82) is 0 Å². The van der Waals surface area contributed by atoms with E-state index in [-0.39, 0.29) is 23.3 Å². The summed E-state index contributed by atoms with van der Waals surface area (Å²) in [6, 6.07) is 22.4. The highest BCUT2D eigenvalue weighted by atomic mass is 32.2. The monoisotopic (exact) mass is 462 g/mol. The van der Waals surface area contributed by atoms with E-state index in [9.17, 15) is 19.7 Å². The Morgan fingerprint density at radius 3 is 2.24 bits per heavy atom. The number of nitro benzene ring substituents is 1. The van der Waals surface area contributed by atoms with Gasteiger partial charge in [0.2, 0.25) is 5.91 Å². The number of carbonyl (C=O) groups excluding carboxylic acids is 2. The smallest absolute Gasteiger partial charge is 0.269 e. The maximum absolute atomic E-state index is 12.2. The summed E-state index contributed by atoms with van der Waals surface area (Å²) in [4.78, 5) is 34.5. The fraction of sp³-hybridized carbons (Fsp3) is 0.125. The Balaban J connectivity index is 1.45. The second-order valence-electron chi connectivity index (χ2n) is 7.05. The van der Waals surface area contributed by atoms with Crippen LogP contribution in [0.5, 0.6) is 0 Å². The van der Waals surface area contributed by atoms with Crippen LogP contribution in [0.3, 0.4) is 0 Å². The van der Waals surface area contributed by atoms with E-state index >= 15 is 0 Å². The van der Waals surface area contributed by atoms with E-state index in [1.807, 2.05) is 18.2 Å². The van der Waals surface area contributed by atoms with Gasteiger partial charge in [0.05, 0.1) is 16.4 Å². The Morgan fingerprint density at radius 1 is 0.939 bits per heavy atom. The first-order valence-corrected chi connectivity index (χ1v) is 11.2. The quantitative estimate of drug-likeness (QED) is 0.274. The highest BCUT2D eigenvalue weighted by Gasteiger charge is 2.07. The zero-order valence-electron chi connectivity index (χ0n) is 17.9. The first-order chi connectivity index (χ1) is 15.9. The number of anilines is 1. The summed E-state index contributed by atoms with van der Waals surface area (Å²) in [5, 5.41) is 17.6. The number of nitrogens with one attached hydrogen (secondary N) is 2. The lowest BCUT2D eigenvalue weighted by atomic mass is 10.1. The average Bonchev–Trinajstić information content (AvgIpc) is 2.84. The summed E-state index contributed by atoms with van der Waals surface area (Å²) < 4.78 is 0. The molecule has 168 valence electrons. The third-order valence-electron chi connectivity index (χ3n) is 4.59. The summed E-state index contributed by atoms with van der Waals surface area (Å²) >= 11 is 1.39. The number of amides is 2. The van der Waals surface area contributed by atoms with Gasteiger partial charge < -0.3 is 5.32 Å². The molecule has 0 heterocycles. The molecule has 0 aliphatic heterocycles. The maximum atomic E-state index is 12.2. The number of rotatable bonds is 9. The van der Waals surface area contributed by atoms with Crippen LogP contribution in [0.1, 0.15) is 28.4 Å². The number of thioether (sulfide) groups is 1. The molecule has 0 bridgehead atoms. The third kappa shape index (κ3) is 7.29. The number of hydrazone groups is 1. The topological polar surface area (TPSA) is 114 Å². The number of carbonyl (C=O) groups is 2. The van der Waals surface area contributed by atoms with Crippen molar-refractivity contribution in [2.24, 2.45) is 5.10 Å². The molecule has 33 heavy (non-hydrogen) atoms. The molecule has 0 aliphatic carbocycles. The Morgan fingerprint density at radius 2 is 1.61 bits per heavy atom. The van der Waals surface area contributed by atoms with Gasteiger partial charge >= 0.3 is 0 Å². The molecule has 0 fully saturated rings. The Hall–Kier alpha value is -3.98. The summed E-state index contributed by atoms with van der Waals surface area (Å²) in [6.07, 6.45) is 0. The van der Waals surface area contributed by atoms with Crippen molar-refractivity contribution in [2.45, 2.75) is 12.7 Å². The van der Waals surface area contributed by atoms with Gasteiger partial charge in [-0.3, -0.25) is 19.7 Å². The first-order valence-electron chi connectivity index (χ1n) is 10.0. The molecule has 0 atom stereocenters. The standard InChI is InChI=1S/C24H22N4O4S/c1-17(19-9-11-21(12-10-19)25-24(30)20-5-3-2-4-6-20)26-27-23(29)16-33-15-18-7-13-22(14-8-18)28(31)32/h2-14H,15-16H2,1H3,(H,25,30)(H,27,29)/b26-17+. The number of nitro groups is 1. The van der Waals surface area contributed by atoms with Gasteiger partial charge in [0.15, 0.2) is 0 Å².